The van der Waals surface area contributed by atoms with E-state index < -0.39 is 0 Å². The van der Waals surface area contributed by atoms with Crippen molar-refractivity contribution in [3.05, 3.63) is 33.0 Å². The van der Waals surface area contributed by atoms with Crippen LogP contribution in [-0.4, -0.2) is 15.0 Å². The molecule has 2 rings (SSSR count). The summed E-state index contributed by atoms with van der Waals surface area (Å²) in [7, 11) is 0. The molecule has 2 aromatic rings. The number of thiazole rings is 1. The van der Waals surface area contributed by atoms with Gasteiger partial charge in [-0.05, 0) is 6.07 Å². The van der Waals surface area contributed by atoms with Gasteiger partial charge in [-0.2, -0.15) is 4.98 Å². The molecule has 0 fully saturated rings. The summed E-state index contributed by atoms with van der Waals surface area (Å²) < 4.78 is 0. The van der Waals surface area contributed by atoms with Gasteiger partial charge in [0.25, 0.3) is 0 Å². The molecule has 2 heterocycles. The monoisotopic (exact) mass is 223 g/mol. The van der Waals surface area contributed by atoms with Crippen molar-refractivity contribution in [2.45, 2.75) is 6.54 Å². The van der Waals surface area contributed by atoms with E-state index in [2.05, 4.69) is 20.3 Å². The second-order valence-corrected chi connectivity index (χ2v) is 3.67. The second kappa shape index (κ2) is 4.09. The minimum Gasteiger partial charge on any atom is -0.384 e. The summed E-state index contributed by atoms with van der Waals surface area (Å²) in [6.07, 6.45) is 1.57. The maximum atomic E-state index is 10.8. The lowest BCUT2D eigenvalue weighted by Gasteiger charge is -2.02. The van der Waals surface area contributed by atoms with Crippen LogP contribution in [0.2, 0.25) is 0 Å². The molecule has 0 unspecified atom stereocenters. The average Bonchev–Trinajstić information content (AvgIpc) is 2.62. The number of aromatic amines is 1. The van der Waals surface area contributed by atoms with Crippen molar-refractivity contribution >= 4 is 23.1 Å². The van der Waals surface area contributed by atoms with Crippen LogP contribution < -0.4 is 15.9 Å². The highest BCUT2D eigenvalue weighted by Crippen LogP contribution is 2.03. The normalized spacial score (nSPS) is 10.1. The Kier molecular flexibility index (Phi) is 2.64. The molecule has 0 radical (unpaired) electrons. The second-order valence-electron chi connectivity index (χ2n) is 2.83. The zero-order valence-corrected chi connectivity index (χ0v) is 8.54. The van der Waals surface area contributed by atoms with Gasteiger partial charge in [0.05, 0.1) is 6.54 Å². The van der Waals surface area contributed by atoms with Crippen molar-refractivity contribution in [3.8, 4) is 0 Å². The fourth-order valence-corrected chi connectivity index (χ4v) is 1.61. The Bertz CT molecular complexity index is 505. The van der Waals surface area contributed by atoms with Crippen LogP contribution in [0.15, 0.2) is 22.4 Å². The van der Waals surface area contributed by atoms with Crippen molar-refractivity contribution in [1.29, 1.82) is 0 Å². The van der Waals surface area contributed by atoms with Crippen LogP contribution in [-0.2, 0) is 6.54 Å². The molecule has 0 aliphatic carbocycles. The Morgan fingerprint density at radius 1 is 1.60 bits per heavy atom. The number of aromatic nitrogens is 3. The van der Waals surface area contributed by atoms with Crippen LogP contribution in [0.4, 0.5) is 11.8 Å². The quantitative estimate of drug-likeness (QED) is 0.700. The zero-order chi connectivity index (χ0) is 10.7. The molecular formula is C8H9N5OS. The van der Waals surface area contributed by atoms with Gasteiger partial charge < -0.3 is 16.0 Å². The van der Waals surface area contributed by atoms with E-state index in [1.165, 1.54) is 0 Å². The number of hydrogen-bond donors (Lipinski definition) is 3. The summed E-state index contributed by atoms with van der Waals surface area (Å²) in [6.45, 7) is 0.474. The number of nitrogens with zero attached hydrogens (tertiary/aromatic N) is 2. The van der Waals surface area contributed by atoms with Crippen LogP contribution in [0.25, 0.3) is 0 Å². The Balaban J connectivity index is 2.02. The van der Waals surface area contributed by atoms with Gasteiger partial charge in [-0.3, -0.25) is 4.79 Å². The first kappa shape index (κ1) is 9.66. The van der Waals surface area contributed by atoms with E-state index in [0.717, 1.165) is 17.0 Å². The summed E-state index contributed by atoms with van der Waals surface area (Å²) in [5, 5.41) is 4.70. The Labute approximate surface area is 89.2 Å². The highest BCUT2D eigenvalue weighted by molar-refractivity contribution is 7.07. The summed E-state index contributed by atoms with van der Waals surface area (Å²) >= 11 is 1.13. The van der Waals surface area contributed by atoms with E-state index in [9.17, 15) is 4.79 Å². The molecule has 7 heteroatoms. The maximum absolute atomic E-state index is 10.8. The first-order chi connectivity index (χ1) is 7.24. The molecule has 0 bridgehead atoms. The standard InChI is InChI=1S/C8H9N5OS/c9-6-1-2-10-7(13-6)11-3-5-4-15-8(14)12-5/h1-2,4H,3H2,(H,12,14)(H3,9,10,11,13). The van der Waals surface area contributed by atoms with Gasteiger partial charge in [0.2, 0.25) is 5.95 Å². The number of anilines is 2. The fraction of sp³-hybridized carbons (Fsp3) is 0.125. The van der Waals surface area contributed by atoms with E-state index in [1.54, 1.807) is 17.6 Å². The third kappa shape index (κ3) is 2.53. The molecular weight excluding hydrogens is 214 g/mol. The predicted octanol–water partition coefficient (Wildman–Crippen LogP) is 0.421. The summed E-state index contributed by atoms with van der Waals surface area (Å²) in [6, 6.07) is 1.61. The molecule has 2 aromatic heterocycles. The lowest BCUT2D eigenvalue weighted by molar-refractivity contribution is 1.01. The van der Waals surface area contributed by atoms with E-state index in [-0.39, 0.29) is 4.87 Å². The minimum absolute atomic E-state index is 0.0692. The van der Waals surface area contributed by atoms with Gasteiger partial charge in [0.1, 0.15) is 5.82 Å². The molecule has 0 aliphatic heterocycles. The smallest absolute Gasteiger partial charge is 0.304 e. The zero-order valence-electron chi connectivity index (χ0n) is 7.73. The molecule has 0 saturated carbocycles. The van der Waals surface area contributed by atoms with E-state index in [1.807, 2.05) is 0 Å². The summed E-state index contributed by atoms with van der Waals surface area (Å²) in [5.41, 5.74) is 6.29. The van der Waals surface area contributed by atoms with Crippen LogP contribution in [0.5, 0.6) is 0 Å². The number of H-pyrrole nitrogens is 1. The molecule has 78 valence electrons. The number of nitrogens with two attached hydrogens (primary N) is 1. The highest BCUT2D eigenvalue weighted by atomic mass is 32.1. The number of hydrogen-bond acceptors (Lipinski definition) is 6. The van der Waals surface area contributed by atoms with Crippen molar-refractivity contribution in [1.82, 2.24) is 15.0 Å². The molecule has 6 nitrogen and oxygen atoms in total. The lowest BCUT2D eigenvalue weighted by Crippen LogP contribution is -2.06. The Hall–Kier alpha value is -1.89. The highest BCUT2D eigenvalue weighted by Gasteiger charge is 1.98. The molecule has 0 saturated heterocycles. The van der Waals surface area contributed by atoms with Crippen molar-refractivity contribution in [3.63, 3.8) is 0 Å². The van der Waals surface area contributed by atoms with Gasteiger partial charge in [-0.25, -0.2) is 4.98 Å². The average molecular weight is 223 g/mol. The maximum Gasteiger partial charge on any atom is 0.304 e. The van der Waals surface area contributed by atoms with E-state index >= 15 is 0 Å². The molecule has 0 spiro atoms. The largest absolute Gasteiger partial charge is 0.384 e. The fourth-order valence-electron chi connectivity index (χ4n) is 1.03. The third-order valence-corrected chi connectivity index (χ3v) is 2.40. The molecule has 0 atom stereocenters. The lowest BCUT2D eigenvalue weighted by atomic mass is 10.5. The van der Waals surface area contributed by atoms with Crippen LogP contribution in [0.3, 0.4) is 0 Å². The van der Waals surface area contributed by atoms with Gasteiger partial charge in [0.15, 0.2) is 0 Å². The molecule has 0 amide bonds. The van der Waals surface area contributed by atoms with E-state index in [4.69, 9.17) is 5.73 Å². The van der Waals surface area contributed by atoms with Crippen LogP contribution in [0, 0.1) is 0 Å². The SMILES string of the molecule is Nc1ccnc(NCc2csc(=O)[nH]2)n1. The number of nitrogen functional groups attached to an aromatic ring is 1. The van der Waals surface area contributed by atoms with Gasteiger partial charge in [0, 0.05) is 17.3 Å². The summed E-state index contributed by atoms with van der Waals surface area (Å²) in [5.74, 6) is 0.855. The molecule has 4 N–H and O–H groups in total. The predicted molar refractivity (Wildman–Crippen MR) is 58.7 cm³/mol. The van der Waals surface area contributed by atoms with Crippen molar-refractivity contribution in [2.24, 2.45) is 0 Å². The van der Waals surface area contributed by atoms with Crippen molar-refractivity contribution in [2.75, 3.05) is 11.1 Å². The number of nitrogens with one attached hydrogen (secondary N) is 2. The van der Waals surface area contributed by atoms with Gasteiger partial charge >= 0.3 is 4.87 Å². The molecule has 15 heavy (non-hydrogen) atoms. The topological polar surface area (TPSA) is 96.7 Å². The van der Waals surface area contributed by atoms with Gasteiger partial charge in [-0.1, -0.05) is 11.3 Å². The Morgan fingerprint density at radius 3 is 3.13 bits per heavy atom. The molecule has 0 aromatic carbocycles. The van der Waals surface area contributed by atoms with Gasteiger partial charge in [-0.15, -0.1) is 0 Å². The summed E-state index contributed by atoms with van der Waals surface area (Å²) in [4.78, 5) is 21.4. The number of rotatable bonds is 3. The Morgan fingerprint density at radius 2 is 2.47 bits per heavy atom. The van der Waals surface area contributed by atoms with Crippen LogP contribution >= 0.6 is 11.3 Å². The van der Waals surface area contributed by atoms with E-state index in [0.29, 0.717) is 18.3 Å². The van der Waals surface area contributed by atoms with Crippen LogP contribution in [0.1, 0.15) is 5.69 Å². The first-order valence-corrected chi connectivity index (χ1v) is 5.11. The third-order valence-electron chi connectivity index (χ3n) is 1.68. The minimum atomic E-state index is -0.0692. The molecule has 0 aliphatic rings. The first-order valence-electron chi connectivity index (χ1n) is 4.23. The van der Waals surface area contributed by atoms with Crippen molar-refractivity contribution < 1.29 is 0 Å².